The molecule has 0 N–H and O–H groups in total. The third-order valence-corrected chi connectivity index (χ3v) is 2.93. The van der Waals surface area contributed by atoms with Crippen LogP contribution in [-0.2, 0) is 4.74 Å². The van der Waals surface area contributed by atoms with Gasteiger partial charge < -0.3 is 4.74 Å². The number of aromatic nitrogens is 1. The molecule has 6 heteroatoms. The van der Waals surface area contributed by atoms with Crippen molar-refractivity contribution in [1.29, 1.82) is 0 Å². The molecule has 102 valence electrons. The predicted molar refractivity (Wildman–Crippen MR) is 72.4 cm³/mol. The normalized spacial score (nSPS) is 10.1. The molecule has 1 aromatic carbocycles. The molecule has 6 nitrogen and oxygen atoms in total. The molecule has 0 bridgehead atoms. The number of ether oxygens (including phenoxy) is 1. The first kappa shape index (κ1) is 13.7. The number of hydrogen-bond acceptors (Lipinski definition) is 5. The van der Waals surface area contributed by atoms with Crippen molar-refractivity contribution in [3.05, 3.63) is 57.9 Å². The maximum atomic E-state index is 11.4. The summed E-state index contributed by atoms with van der Waals surface area (Å²) in [6.45, 7) is 1.82. The number of esters is 1. The summed E-state index contributed by atoms with van der Waals surface area (Å²) in [4.78, 5) is 26.1. The van der Waals surface area contributed by atoms with Crippen molar-refractivity contribution >= 4 is 11.7 Å². The Kier molecular flexibility index (Phi) is 3.74. The zero-order chi connectivity index (χ0) is 14.7. The van der Waals surface area contributed by atoms with Gasteiger partial charge in [0, 0.05) is 18.5 Å². The summed E-state index contributed by atoms with van der Waals surface area (Å²) in [5, 5.41) is 11.2. The zero-order valence-electron chi connectivity index (χ0n) is 11.0. The van der Waals surface area contributed by atoms with Crippen LogP contribution < -0.4 is 0 Å². The van der Waals surface area contributed by atoms with Crippen LogP contribution in [0, 0.1) is 17.0 Å². The number of rotatable bonds is 3. The maximum Gasteiger partial charge on any atom is 0.338 e. The summed E-state index contributed by atoms with van der Waals surface area (Å²) in [6, 6.07) is 5.98. The molecule has 0 aliphatic rings. The van der Waals surface area contributed by atoms with Gasteiger partial charge in [-0.1, -0.05) is 0 Å². The Morgan fingerprint density at radius 2 is 2.05 bits per heavy atom. The number of hydrogen-bond donors (Lipinski definition) is 0. The van der Waals surface area contributed by atoms with Crippen molar-refractivity contribution in [1.82, 2.24) is 4.98 Å². The number of carbonyl (C=O) groups excluding carboxylic acids is 1. The highest BCUT2D eigenvalue weighted by molar-refractivity contribution is 5.92. The van der Waals surface area contributed by atoms with Crippen LogP contribution in [0.2, 0.25) is 0 Å². The first-order valence-corrected chi connectivity index (χ1v) is 5.82. The Morgan fingerprint density at radius 1 is 1.30 bits per heavy atom. The van der Waals surface area contributed by atoms with Crippen molar-refractivity contribution in [3.63, 3.8) is 0 Å². The number of nitro benzene ring substituents is 1. The van der Waals surface area contributed by atoms with Crippen molar-refractivity contribution in [2.24, 2.45) is 0 Å². The molecule has 0 amide bonds. The van der Waals surface area contributed by atoms with E-state index >= 15 is 0 Å². The molecule has 1 aromatic heterocycles. The van der Waals surface area contributed by atoms with Gasteiger partial charge in [-0.15, -0.1) is 0 Å². The second kappa shape index (κ2) is 5.48. The highest BCUT2D eigenvalue weighted by atomic mass is 16.6. The van der Waals surface area contributed by atoms with Crippen molar-refractivity contribution in [2.45, 2.75) is 6.92 Å². The summed E-state index contributed by atoms with van der Waals surface area (Å²) in [6.07, 6.45) is 3.20. The molecule has 0 radical (unpaired) electrons. The van der Waals surface area contributed by atoms with Crippen LogP contribution in [-0.4, -0.2) is 23.0 Å². The lowest BCUT2D eigenvalue weighted by Crippen LogP contribution is -2.03. The molecule has 0 aliphatic carbocycles. The Hall–Kier alpha value is -2.76. The van der Waals surface area contributed by atoms with E-state index < -0.39 is 10.9 Å². The monoisotopic (exact) mass is 272 g/mol. The van der Waals surface area contributed by atoms with E-state index in [-0.39, 0.29) is 11.3 Å². The van der Waals surface area contributed by atoms with Crippen LogP contribution in [0.3, 0.4) is 0 Å². The van der Waals surface area contributed by atoms with Gasteiger partial charge in [-0.25, -0.2) is 4.79 Å². The molecule has 0 unspecified atom stereocenters. The average Bonchev–Trinajstić information content (AvgIpc) is 2.46. The SMILES string of the molecule is COC(=O)c1ccc(-c2ccncc2C)c([N+](=O)[O-])c1. The molecular weight excluding hydrogens is 260 g/mol. The van der Waals surface area contributed by atoms with Crippen molar-refractivity contribution in [3.8, 4) is 11.1 Å². The number of nitro groups is 1. The molecule has 0 fully saturated rings. The fourth-order valence-corrected chi connectivity index (χ4v) is 1.93. The molecule has 0 atom stereocenters. The molecular formula is C14H12N2O4. The molecule has 1 heterocycles. The van der Waals surface area contributed by atoms with Crippen molar-refractivity contribution in [2.75, 3.05) is 7.11 Å². The lowest BCUT2D eigenvalue weighted by molar-refractivity contribution is -0.384. The Bertz CT molecular complexity index is 683. The third-order valence-electron chi connectivity index (χ3n) is 2.93. The summed E-state index contributed by atoms with van der Waals surface area (Å²) >= 11 is 0. The van der Waals surface area contributed by atoms with E-state index in [9.17, 15) is 14.9 Å². The van der Waals surface area contributed by atoms with E-state index in [0.717, 1.165) is 5.56 Å². The largest absolute Gasteiger partial charge is 0.465 e. The standard InChI is InChI=1S/C14H12N2O4/c1-9-8-15-6-5-11(9)12-4-3-10(14(17)20-2)7-13(12)16(18)19/h3-8H,1-2H3. The third kappa shape index (κ3) is 2.49. The van der Waals surface area contributed by atoms with E-state index in [0.29, 0.717) is 11.1 Å². The van der Waals surface area contributed by atoms with Gasteiger partial charge in [0.2, 0.25) is 0 Å². The number of benzene rings is 1. The highest BCUT2D eigenvalue weighted by Crippen LogP contribution is 2.32. The fourth-order valence-electron chi connectivity index (χ4n) is 1.93. The van der Waals surface area contributed by atoms with E-state index in [4.69, 9.17) is 0 Å². The molecule has 20 heavy (non-hydrogen) atoms. The van der Waals surface area contributed by atoms with Gasteiger partial charge in [0.05, 0.1) is 23.2 Å². The van der Waals surface area contributed by atoms with Gasteiger partial charge in [-0.3, -0.25) is 15.1 Å². The molecule has 0 saturated carbocycles. The fraction of sp³-hybridized carbons (Fsp3) is 0.143. The predicted octanol–water partition coefficient (Wildman–Crippen LogP) is 2.75. The average molecular weight is 272 g/mol. The number of pyridine rings is 1. The molecule has 2 aromatic rings. The quantitative estimate of drug-likeness (QED) is 0.487. The van der Waals surface area contributed by atoms with Crippen LogP contribution in [0.1, 0.15) is 15.9 Å². The second-order valence-corrected chi connectivity index (χ2v) is 4.17. The van der Waals surface area contributed by atoms with Gasteiger partial charge >= 0.3 is 5.97 Å². The summed E-state index contributed by atoms with van der Waals surface area (Å²) < 4.78 is 4.57. The first-order chi connectivity index (χ1) is 9.54. The van der Waals surface area contributed by atoms with Gasteiger partial charge in [-0.05, 0) is 36.2 Å². The molecule has 2 rings (SSSR count). The highest BCUT2D eigenvalue weighted by Gasteiger charge is 2.19. The second-order valence-electron chi connectivity index (χ2n) is 4.17. The minimum Gasteiger partial charge on any atom is -0.465 e. The van der Waals surface area contributed by atoms with E-state index in [1.54, 1.807) is 24.5 Å². The van der Waals surface area contributed by atoms with Crippen molar-refractivity contribution < 1.29 is 14.5 Å². The van der Waals surface area contributed by atoms with Crippen LogP contribution in [0.5, 0.6) is 0 Å². The van der Waals surface area contributed by atoms with Gasteiger partial charge in [0.25, 0.3) is 5.69 Å². The van der Waals surface area contributed by atoms with E-state index in [1.807, 2.05) is 6.92 Å². The minimum atomic E-state index is -0.605. The molecule has 0 spiro atoms. The van der Waals surface area contributed by atoms with Crippen LogP contribution >= 0.6 is 0 Å². The van der Waals surface area contributed by atoms with E-state index in [1.165, 1.54) is 19.2 Å². The van der Waals surface area contributed by atoms with Crippen LogP contribution in [0.4, 0.5) is 5.69 Å². The number of methoxy groups -OCH3 is 1. The Morgan fingerprint density at radius 3 is 2.65 bits per heavy atom. The Balaban J connectivity index is 2.63. The summed E-state index contributed by atoms with van der Waals surface area (Å²) in [5.41, 5.74) is 1.99. The van der Waals surface area contributed by atoms with Crippen LogP contribution in [0.15, 0.2) is 36.7 Å². The number of nitrogens with zero attached hydrogens (tertiary/aromatic N) is 2. The van der Waals surface area contributed by atoms with Gasteiger partial charge in [0.15, 0.2) is 0 Å². The smallest absolute Gasteiger partial charge is 0.338 e. The Labute approximate surface area is 115 Å². The lowest BCUT2D eigenvalue weighted by atomic mass is 9.99. The summed E-state index contributed by atoms with van der Waals surface area (Å²) in [7, 11) is 1.23. The molecule has 0 saturated heterocycles. The van der Waals surface area contributed by atoms with E-state index in [2.05, 4.69) is 9.72 Å². The maximum absolute atomic E-state index is 11.4. The van der Waals surface area contributed by atoms with Crippen LogP contribution in [0.25, 0.3) is 11.1 Å². The van der Waals surface area contributed by atoms with Gasteiger partial charge in [0.1, 0.15) is 0 Å². The molecule has 0 aliphatic heterocycles. The zero-order valence-corrected chi connectivity index (χ0v) is 11.0. The number of aryl methyl sites for hydroxylation is 1. The van der Waals surface area contributed by atoms with Gasteiger partial charge in [-0.2, -0.15) is 0 Å². The minimum absolute atomic E-state index is 0.137. The number of carbonyl (C=O) groups is 1. The lowest BCUT2D eigenvalue weighted by Gasteiger charge is -2.07. The first-order valence-electron chi connectivity index (χ1n) is 5.82. The topological polar surface area (TPSA) is 82.3 Å². The summed E-state index contributed by atoms with van der Waals surface area (Å²) in [5.74, 6) is -0.605.